The van der Waals surface area contributed by atoms with Gasteiger partial charge >= 0.3 is 0 Å². The third-order valence-corrected chi connectivity index (χ3v) is 4.73. The van der Waals surface area contributed by atoms with Crippen molar-refractivity contribution in [2.45, 2.75) is 20.8 Å². The van der Waals surface area contributed by atoms with Crippen molar-refractivity contribution < 1.29 is 9.59 Å². The lowest BCUT2D eigenvalue weighted by Crippen LogP contribution is -2.42. The lowest BCUT2D eigenvalue weighted by atomic mass is 10.1. The highest BCUT2D eigenvalue weighted by Crippen LogP contribution is 2.15. The Hall–Kier alpha value is -3.62. The van der Waals surface area contributed by atoms with Crippen molar-refractivity contribution in [3.63, 3.8) is 0 Å². The molecule has 2 heterocycles. The van der Waals surface area contributed by atoms with E-state index in [4.69, 9.17) is 0 Å². The number of hydrogen-bond donors (Lipinski definition) is 3. The number of aromatic amines is 1. The van der Waals surface area contributed by atoms with Crippen LogP contribution in [0.1, 0.15) is 40.3 Å². The summed E-state index contributed by atoms with van der Waals surface area (Å²) in [5.74, 6) is -1.04. The molecule has 3 aromatic rings. The number of H-pyrrole nitrogens is 1. The van der Waals surface area contributed by atoms with Crippen LogP contribution in [0.5, 0.6) is 0 Å². The van der Waals surface area contributed by atoms with Crippen LogP contribution < -0.4 is 21.3 Å². The summed E-state index contributed by atoms with van der Waals surface area (Å²) in [4.78, 5) is 43.6. The lowest BCUT2D eigenvalue weighted by molar-refractivity contribution is 0.0847. The number of nitrogens with one attached hydrogen (secondary N) is 3. The molecule has 2 amide bonds. The fraction of sp³-hybridized carbons (Fsp3) is 0.300. The van der Waals surface area contributed by atoms with Crippen LogP contribution in [0.3, 0.4) is 0 Å². The van der Waals surface area contributed by atoms with Crippen molar-refractivity contribution in [2.24, 2.45) is 7.05 Å². The number of aryl methyl sites for hydroxylation is 2. The van der Waals surface area contributed by atoms with Gasteiger partial charge in [-0.3, -0.25) is 35.0 Å². The second-order valence-electron chi connectivity index (χ2n) is 6.64. The average Bonchev–Trinajstić information content (AvgIpc) is 3.00. The van der Waals surface area contributed by atoms with Gasteiger partial charge in [-0.1, -0.05) is 0 Å². The zero-order chi connectivity index (χ0) is 21.1. The molecule has 0 aliphatic heterocycles. The molecule has 1 aromatic carbocycles. The maximum Gasteiger partial charge on any atom is 0.274 e. The third kappa shape index (κ3) is 3.98. The zero-order valence-electron chi connectivity index (χ0n) is 16.9. The van der Waals surface area contributed by atoms with Crippen molar-refractivity contribution in [3.05, 3.63) is 57.5 Å². The molecule has 0 fully saturated rings. The summed E-state index contributed by atoms with van der Waals surface area (Å²) in [5, 5.41) is 2.75. The number of pyridine rings is 1. The molecule has 2 aromatic heterocycles. The van der Waals surface area contributed by atoms with Gasteiger partial charge in [0.2, 0.25) is 0 Å². The quantitative estimate of drug-likeness (QED) is 0.566. The Morgan fingerprint density at radius 2 is 1.72 bits per heavy atom. The van der Waals surface area contributed by atoms with Crippen LogP contribution in [0.4, 0.5) is 5.69 Å². The molecule has 3 N–H and O–H groups in total. The van der Waals surface area contributed by atoms with E-state index in [0.29, 0.717) is 16.9 Å². The van der Waals surface area contributed by atoms with Crippen LogP contribution in [0.15, 0.2) is 35.1 Å². The molecule has 0 atom stereocenters. The minimum atomic E-state index is -0.592. The second kappa shape index (κ2) is 8.17. The molecule has 0 saturated carbocycles. The van der Waals surface area contributed by atoms with E-state index in [2.05, 4.69) is 39.7 Å². The normalized spacial score (nSPS) is 10.8. The molecule has 0 aliphatic rings. The summed E-state index contributed by atoms with van der Waals surface area (Å²) in [7, 11) is 1.64. The van der Waals surface area contributed by atoms with Crippen molar-refractivity contribution in [3.8, 4) is 0 Å². The summed E-state index contributed by atoms with van der Waals surface area (Å²) in [6.07, 6.45) is 0. The number of benzene rings is 1. The number of aromatic nitrogens is 3. The lowest BCUT2D eigenvalue weighted by Gasteiger charge is -2.21. The maximum atomic E-state index is 12.6. The van der Waals surface area contributed by atoms with Crippen molar-refractivity contribution in [1.29, 1.82) is 0 Å². The minimum Gasteiger partial charge on any atom is -0.372 e. The number of rotatable bonds is 5. The Balaban J connectivity index is 1.75. The van der Waals surface area contributed by atoms with Crippen LogP contribution >= 0.6 is 0 Å². The van der Waals surface area contributed by atoms with Gasteiger partial charge in [0.25, 0.3) is 17.4 Å². The molecule has 0 radical (unpaired) electrons. The first-order chi connectivity index (χ1) is 13.8. The largest absolute Gasteiger partial charge is 0.372 e. The van der Waals surface area contributed by atoms with E-state index in [1.165, 1.54) is 10.7 Å². The predicted octanol–water partition coefficient (Wildman–Crippen LogP) is 1.49. The van der Waals surface area contributed by atoms with Gasteiger partial charge in [-0.2, -0.15) is 0 Å². The molecule has 0 spiro atoms. The van der Waals surface area contributed by atoms with Gasteiger partial charge in [0.1, 0.15) is 0 Å². The highest BCUT2D eigenvalue weighted by molar-refractivity contribution is 6.06. The van der Waals surface area contributed by atoms with Crippen LogP contribution in [0, 0.1) is 6.92 Å². The Morgan fingerprint density at radius 1 is 1.10 bits per heavy atom. The van der Waals surface area contributed by atoms with Gasteiger partial charge in [0, 0.05) is 37.1 Å². The van der Waals surface area contributed by atoms with E-state index < -0.39 is 17.4 Å². The molecule has 9 heteroatoms. The fourth-order valence-electron chi connectivity index (χ4n) is 3.23. The first-order valence-corrected chi connectivity index (χ1v) is 9.37. The molecule has 9 nitrogen and oxygen atoms in total. The molecule has 29 heavy (non-hydrogen) atoms. The van der Waals surface area contributed by atoms with Crippen LogP contribution in [0.2, 0.25) is 0 Å². The number of hydrogen-bond acceptors (Lipinski definition) is 5. The van der Waals surface area contributed by atoms with Crippen molar-refractivity contribution >= 4 is 28.5 Å². The van der Waals surface area contributed by atoms with Crippen molar-refractivity contribution in [2.75, 3.05) is 18.0 Å². The molecular weight excluding hydrogens is 372 g/mol. The van der Waals surface area contributed by atoms with Gasteiger partial charge in [0.15, 0.2) is 5.65 Å². The summed E-state index contributed by atoms with van der Waals surface area (Å²) in [6, 6.07) is 8.64. The molecule has 0 bridgehead atoms. The van der Waals surface area contributed by atoms with E-state index >= 15 is 0 Å². The van der Waals surface area contributed by atoms with Gasteiger partial charge in [0.05, 0.1) is 10.9 Å². The smallest absolute Gasteiger partial charge is 0.274 e. The Bertz CT molecular complexity index is 1110. The SMILES string of the molecule is CCN(CC)c1ccc(C(=O)NNC(=O)c2cc(C)nc3c2c(=O)[nH]n3C)cc1. The summed E-state index contributed by atoms with van der Waals surface area (Å²) < 4.78 is 1.46. The predicted molar refractivity (Wildman–Crippen MR) is 111 cm³/mol. The molecule has 0 unspecified atom stereocenters. The van der Waals surface area contributed by atoms with Crippen LogP contribution in [-0.2, 0) is 7.05 Å². The third-order valence-electron chi connectivity index (χ3n) is 4.73. The van der Waals surface area contributed by atoms with E-state index in [9.17, 15) is 14.4 Å². The van der Waals surface area contributed by atoms with E-state index in [0.717, 1.165) is 18.8 Å². The van der Waals surface area contributed by atoms with Gasteiger partial charge in [-0.05, 0) is 51.1 Å². The number of hydrazine groups is 1. The standard InChI is InChI=1S/C20H24N6O3/c1-5-26(6-2)14-9-7-13(8-10-14)18(27)22-23-19(28)15-11-12(3)21-17-16(15)20(29)24-25(17)4/h7-11H,5-6H2,1-4H3,(H,22,27)(H,23,28)(H,24,29). The minimum absolute atomic E-state index is 0.145. The Kier molecular flexibility index (Phi) is 5.67. The average molecular weight is 396 g/mol. The molecular formula is C20H24N6O3. The highest BCUT2D eigenvalue weighted by atomic mass is 16.2. The maximum absolute atomic E-state index is 12.6. The zero-order valence-corrected chi connectivity index (χ0v) is 16.9. The molecule has 0 aliphatic carbocycles. The highest BCUT2D eigenvalue weighted by Gasteiger charge is 2.18. The first-order valence-electron chi connectivity index (χ1n) is 9.37. The number of fused-ring (bicyclic) bond motifs is 1. The summed E-state index contributed by atoms with van der Waals surface area (Å²) >= 11 is 0. The number of nitrogens with zero attached hydrogens (tertiary/aromatic N) is 3. The molecule has 152 valence electrons. The van der Waals surface area contributed by atoms with E-state index in [-0.39, 0.29) is 10.9 Å². The Morgan fingerprint density at radius 3 is 2.34 bits per heavy atom. The van der Waals surface area contributed by atoms with Crippen molar-refractivity contribution in [1.82, 2.24) is 25.6 Å². The molecule has 0 saturated heterocycles. The van der Waals surface area contributed by atoms with Gasteiger partial charge < -0.3 is 4.90 Å². The van der Waals surface area contributed by atoms with Gasteiger partial charge in [-0.25, -0.2) is 4.98 Å². The Labute approximate surface area is 167 Å². The number of carbonyl (C=O) groups excluding carboxylic acids is 2. The number of anilines is 1. The van der Waals surface area contributed by atoms with Crippen LogP contribution in [0.25, 0.3) is 11.0 Å². The monoisotopic (exact) mass is 396 g/mol. The topological polar surface area (TPSA) is 112 Å². The number of amides is 2. The first kappa shape index (κ1) is 20.1. The number of carbonyl (C=O) groups is 2. The fourth-order valence-corrected chi connectivity index (χ4v) is 3.23. The van der Waals surface area contributed by atoms with Gasteiger partial charge in [-0.15, -0.1) is 0 Å². The summed E-state index contributed by atoms with van der Waals surface area (Å²) in [5.41, 5.74) is 6.88. The van der Waals surface area contributed by atoms with Crippen LogP contribution in [-0.4, -0.2) is 39.7 Å². The summed E-state index contributed by atoms with van der Waals surface area (Å²) in [6.45, 7) is 7.60. The molecule has 3 rings (SSSR count). The second-order valence-corrected chi connectivity index (χ2v) is 6.64. The van der Waals surface area contributed by atoms with E-state index in [1.54, 1.807) is 26.1 Å². The van der Waals surface area contributed by atoms with E-state index in [1.807, 2.05) is 12.1 Å².